The van der Waals surface area contributed by atoms with Crippen LogP contribution in [0.4, 0.5) is 0 Å². The van der Waals surface area contributed by atoms with Crippen molar-refractivity contribution in [1.29, 1.82) is 0 Å². The molecule has 9 heavy (non-hydrogen) atoms. The Balaban J connectivity index is 3.22. The standard InChI is InChI=1S/C6H17N3/c1-4-5(2)8-6(3)9-7/h5-6,8-9H,4,7H2,1-3H3/t5?,6-/m0/s1. The Labute approximate surface area is 57.0 Å². The van der Waals surface area contributed by atoms with Gasteiger partial charge in [0.15, 0.2) is 0 Å². The topological polar surface area (TPSA) is 50.1 Å². The third kappa shape index (κ3) is 4.39. The number of hydrogen-bond donors (Lipinski definition) is 3. The van der Waals surface area contributed by atoms with E-state index in [9.17, 15) is 0 Å². The Morgan fingerprint density at radius 1 is 1.44 bits per heavy atom. The number of nitrogens with two attached hydrogens (primary N) is 1. The van der Waals surface area contributed by atoms with E-state index >= 15 is 0 Å². The molecule has 0 aliphatic carbocycles. The molecule has 0 heterocycles. The van der Waals surface area contributed by atoms with Crippen molar-refractivity contribution in [3.63, 3.8) is 0 Å². The zero-order valence-corrected chi connectivity index (χ0v) is 6.44. The summed E-state index contributed by atoms with van der Waals surface area (Å²) in [6.07, 6.45) is 1.34. The molecule has 0 radical (unpaired) electrons. The van der Waals surface area contributed by atoms with Crippen molar-refractivity contribution in [3.8, 4) is 0 Å². The van der Waals surface area contributed by atoms with E-state index in [4.69, 9.17) is 5.84 Å². The van der Waals surface area contributed by atoms with Crippen LogP contribution >= 0.6 is 0 Å². The maximum Gasteiger partial charge on any atom is 0.0675 e. The Hall–Kier alpha value is -0.120. The molecule has 0 aromatic rings. The molecule has 0 bridgehead atoms. The Kier molecular flexibility index (Phi) is 4.67. The fourth-order valence-corrected chi connectivity index (χ4v) is 0.593. The molecule has 0 amide bonds. The molecule has 0 aliphatic heterocycles. The molecule has 1 unspecified atom stereocenters. The lowest BCUT2D eigenvalue weighted by Gasteiger charge is -2.17. The van der Waals surface area contributed by atoms with Crippen LogP contribution in [0.5, 0.6) is 0 Å². The highest BCUT2D eigenvalue weighted by Gasteiger charge is 2.00. The molecule has 0 fully saturated rings. The van der Waals surface area contributed by atoms with Crippen LogP contribution in [-0.4, -0.2) is 12.2 Å². The molecule has 0 aromatic carbocycles. The number of nitrogens with one attached hydrogen (secondary N) is 2. The van der Waals surface area contributed by atoms with Gasteiger partial charge in [0, 0.05) is 6.04 Å². The molecule has 0 saturated heterocycles. The summed E-state index contributed by atoms with van der Waals surface area (Å²) in [5, 5.41) is 3.24. The molecule has 2 atom stereocenters. The summed E-state index contributed by atoms with van der Waals surface area (Å²) in [5.41, 5.74) is 2.62. The van der Waals surface area contributed by atoms with Crippen LogP contribution in [0.2, 0.25) is 0 Å². The number of hydrazine groups is 1. The number of hydrogen-bond acceptors (Lipinski definition) is 3. The van der Waals surface area contributed by atoms with E-state index in [0.717, 1.165) is 6.42 Å². The molecule has 0 spiro atoms. The predicted molar refractivity (Wildman–Crippen MR) is 39.7 cm³/mol. The van der Waals surface area contributed by atoms with E-state index < -0.39 is 0 Å². The van der Waals surface area contributed by atoms with Gasteiger partial charge in [-0.2, -0.15) is 0 Å². The minimum Gasteiger partial charge on any atom is -0.299 e. The predicted octanol–water partition coefficient (Wildman–Crippen LogP) is 0.184. The van der Waals surface area contributed by atoms with Gasteiger partial charge in [-0.05, 0) is 20.3 Å². The molecule has 0 aliphatic rings. The third-order valence-electron chi connectivity index (χ3n) is 1.40. The summed E-state index contributed by atoms with van der Waals surface area (Å²) in [5.74, 6) is 5.16. The van der Waals surface area contributed by atoms with Gasteiger partial charge in [0.05, 0.1) is 6.17 Å². The minimum absolute atomic E-state index is 0.208. The van der Waals surface area contributed by atoms with Gasteiger partial charge in [0.2, 0.25) is 0 Å². The highest BCUT2D eigenvalue weighted by atomic mass is 15.3. The van der Waals surface area contributed by atoms with E-state index in [-0.39, 0.29) is 6.17 Å². The van der Waals surface area contributed by atoms with Crippen molar-refractivity contribution in [2.45, 2.75) is 39.4 Å². The van der Waals surface area contributed by atoms with E-state index in [2.05, 4.69) is 24.6 Å². The van der Waals surface area contributed by atoms with Gasteiger partial charge in [-0.1, -0.05) is 6.92 Å². The first kappa shape index (κ1) is 8.88. The Morgan fingerprint density at radius 2 is 2.00 bits per heavy atom. The second-order valence-corrected chi connectivity index (χ2v) is 2.36. The lowest BCUT2D eigenvalue weighted by Crippen LogP contribution is -2.47. The van der Waals surface area contributed by atoms with Crippen LogP contribution in [0.1, 0.15) is 27.2 Å². The van der Waals surface area contributed by atoms with Crippen LogP contribution in [0.25, 0.3) is 0 Å². The summed E-state index contributed by atoms with van der Waals surface area (Å²) < 4.78 is 0. The van der Waals surface area contributed by atoms with Gasteiger partial charge in [0.1, 0.15) is 0 Å². The third-order valence-corrected chi connectivity index (χ3v) is 1.40. The Bertz CT molecular complexity index is 57.3. The van der Waals surface area contributed by atoms with Crippen LogP contribution in [0, 0.1) is 0 Å². The highest BCUT2D eigenvalue weighted by Crippen LogP contribution is 1.87. The SMILES string of the molecule is CCC(C)N[C@H](C)NN. The lowest BCUT2D eigenvalue weighted by atomic mass is 10.2. The van der Waals surface area contributed by atoms with Crippen molar-refractivity contribution in [2.24, 2.45) is 5.84 Å². The molecular weight excluding hydrogens is 114 g/mol. The maximum atomic E-state index is 5.16. The second kappa shape index (κ2) is 4.73. The van der Waals surface area contributed by atoms with Crippen LogP contribution in [0.3, 0.4) is 0 Å². The van der Waals surface area contributed by atoms with Gasteiger partial charge in [-0.25, -0.2) is 5.43 Å². The van der Waals surface area contributed by atoms with Crippen molar-refractivity contribution >= 4 is 0 Å². The van der Waals surface area contributed by atoms with Gasteiger partial charge in [-0.15, -0.1) is 0 Å². The van der Waals surface area contributed by atoms with Crippen LogP contribution < -0.4 is 16.6 Å². The summed E-state index contributed by atoms with van der Waals surface area (Å²) >= 11 is 0. The quantitative estimate of drug-likeness (QED) is 0.290. The van der Waals surface area contributed by atoms with Gasteiger partial charge in [-0.3, -0.25) is 11.2 Å². The normalized spacial score (nSPS) is 17.3. The summed E-state index contributed by atoms with van der Waals surface area (Å²) in [6, 6.07) is 0.538. The van der Waals surface area contributed by atoms with Gasteiger partial charge in [0.25, 0.3) is 0 Å². The lowest BCUT2D eigenvalue weighted by molar-refractivity contribution is 0.404. The molecule has 3 nitrogen and oxygen atoms in total. The molecule has 0 aromatic heterocycles. The first-order valence-electron chi connectivity index (χ1n) is 3.42. The fourth-order valence-electron chi connectivity index (χ4n) is 0.593. The van der Waals surface area contributed by atoms with Crippen LogP contribution in [-0.2, 0) is 0 Å². The smallest absolute Gasteiger partial charge is 0.0675 e. The van der Waals surface area contributed by atoms with Crippen LogP contribution in [0.15, 0.2) is 0 Å². The second-order valence-electron chi connectivity index (χ2n) is 2.36. The summed E-state index contributed by atoms with van der Waals surface area (Å²) in [4.78, 5) is 0. The fraction of sp³-hybridized carbons (Fsp3) is 1.00. The number of rotatable bonds is 4. The minimum atomic E-state index is 0.208. The highest BCUT2D eigenvalue weighted by molar-refractivity contribution is 4.60. The molecule has 0 rings (SSSR count). The molecular formula is C6H17N3. The first-order chi connectivity index (χ1) is 4.20. The van der Waals surface area contributed by atoms with Crippen molar-refractivity contribution in [3.05, 3.63) is 0 Å². The summed E-state index contributed by atoms with van der Waals surface area (Å²) in [7, 11) is 0. The van der Waals surface area contributed by atoms with Crippen molar-refractivity contribution in [1.82, 2.24) is 10.7 Å². The van der Waals surface area contributed by atoms with E-state index in [1.165, 1.54) is 0 Å². The van der Waals surface area contributed by atoms with Crippen molar-refractivity contribution in [2.75, 3.05) is 0 Å². The molecule has 56 valence electrons. The molecule has 4 N–H and O–H groups in total. The van der Waals surface area contributed by atoms with E-state index in [1.54, 1.807) is 0 Å². The maximum absolute atomic E-state index is 5.16. The molecule has 3 heteroatoms. The van der Waals surface area contributed by atoms with E-state index in [0.29, 0.717) is 6.04 Å². The Morgan fingerprint density at radius 3 is 2.33 bits per heavy atom. The average molecular weight is 131 g/mol. The van der Waals surface area contributed by atoms with Gasteiger partial charge < -0.3 is 0 Å². The zero-order valence-electron chi connectivity index (χ0n) is 6.44. The molecule has 0 saturated carbocycles. The first-order valence-corrected chi connectivity index (χ1v) is 3.42. The van der Waals surface area contributed by atoms with Crippen molar-refractivity contribution < 1.29 is 0 Å². The average Bonchev–Trinajstić information content (AvgIpc) is 1.87. The zero-order chi connectivity index (χ0) is 7.28. The monoisotopic (exact) mass is 131 g/mol. The van der Waals surface area contributed by atoms with Gasteiger partial charge >= 0.3 is 0 Å². The summed E-state index contributed by atoms with van der Waals surface area (Å²) in [6.45, 7) is 6.26. The van der Waals surface area contributed by atoms with E-state index in [1.807, 2.05) is 6.92 Å². The largest absolute Gasteiger partial charge is 0.299 e.